The molecule has 0 aromatic carbocycles. The summed E-state index contributed by atoms with van der Waals surface area (Å²) >= 11 is 6.39. The summed E-state index contributed by atoms with van der Waals surface area (Å²) < 4.78 is 0. The molecule has 0 aliphatic rings. The van der Waals surface area contributed by atoms with Gasteiger partial charge in [0.2, 0.25) is 0 Å². The molecule has 1 N–H and O–H groups in total. The number of carboxylic acids is 1. The number of hydrogen-bond donors (Lipinski definition) is 1. The third-order valence-electron chi connectivity index (χ3n) is 8.91. The molecule has 4 heteroatoms. The summed E-state index contributed by atoms with van der Waals surface area (Å²) in [5.74, 6) is -0.649. The Kier molecular flexibility index (Phi) is 32.9. The van der Waals surface area contributed by atoms with Crippen molar-refractivity contribution in [1.29, 1.82) is 0 Å². The fourth-order valence-corrected chi connectivity index (χ4v) is 7.62. The molecule has 0 atom stereocenters. The maximum absolute atomic E-state index is 10.5. The lowest BCUT2D eigenvalue weighted by Gasteiger charge is -2.11. The number of halogens is 1. The first-order valence-electron chi connectivity index (χ1n) is 18.8. The molecule has 0 aliphatic carbocycles. The first kappa shape index (κ1) is 41.0. The predicted octanol–water partition coefficient (Wildman–Crippen LogP) is 14.4. The van der Waals surface area contributed by atoms with Crippen molar-refractivity contribution in [2.45, 2.75) is 231 Å². The minimum atomic E-state index is -1.32. The van der Waals surface area contributed by atoms with Gasteiger partial charge in [0.05, 0.1) is 0 Å². The number of carbonyl (C=O) groups is 1. The highest BCUT2D eigenvalue weighted by molar-refractivity contribution is 7.19. The Morgan fingerprint density at radius 3 is 0.732 bits per heavy atom. The number of hydrogen-bond acceptors (Lipinski definition) is 1. The normalized spacial score (nSPS) is 11.9. The van der Waals surface area contributed by atoms with Gasteiger partial charge in [0.15, 0.2) is 0 Å². The molecule has 246 valence electrons. The van der Waals surface area contributed by atoms with Gasteiger partial charge >= 0.3 is 5.97 Å². The summed E-state index contributed by atoms with van der Waals surface area (Å²) in [6.07, 6.45) is 45.1. The molecular formula is C37H75ClO2Si. The van der Waals surface area contributed by atoms with Crippen molar-refractivity contribution in [1.82, 2.24) is 0 Å². The van der Waals surface area contributed by atoms with E-state index in [4.69, 9.17) is 16.2 Å². The second-order valence-electron chi connectivity index (χ2n) is 13.9. The van der Waals surface area contributed by atoms with E-state index in [0.29, 0.717) is 6.42 Å². The Bertz CT molecular complexity index is 520. The minimum Gasteiger partial charge on any atom is -0.481 e. The molecule has 0 heterocycles. The van der Waals surface area contributed by atoms with Gasteiger partial charge in [0, 0.05) is 6.42 Å². The van der Waals surface area contributed by atoms with Crippen molar-refractivity contribution in [3.63, 3.8) is 0 Å². The van der Waals surface area contributed by atoms with Crippen molar-refractivity contribution in [2.24, 2.45) is 0 Å². The lowest BCUT2D eigenvalue weighted by Crippen LogP contribution is -2.14. The molecule has 0 aliphatic heterocycles. The van der Waals surface area contributed by atoms with Gasteiger partial charge in [0.1, 0.15) is 7.38 Å². The third kappa shape index (κ3) is 40.0. The highest BCUT2D eigenvalue weighted by Crippen LogP contribution is 2.20. The van der Waals surface area contributed by atoms with E-state index < -0.39 is 13.4 Å². The van der Waals surface area contributed by atoms with Gasteiger partial charge in [0.25, 0.3) is 0 Å². The summed E-state index contributed by atoms with van der Waals surface area (Å²) in [5, 5.41) is 8.64. The van der Waals surface area contributed by atoms with Crippen molar-refractivity contribution >= 4 is 24.4 Å². The first-order valence-corrected chi connectivity index (χ1v) is 23.0. The average molecular weight is 616 g/mol. The van der Waals surface area contributed by atoms with Crippen molar-refractivity contribution in [2.75, 3.05) is 0 Å². The predicted molar refractivity (Wildman–Crippen MR) is 188 cm³/mol. The molecule has 0 aromatic heterocycles. The number of carboxylic acid groups (broad SMARTS) is 1. The summed E-state index contributed by atoms with van der Waals surface area (Å²) in [6, 6.07) is 1.29. The maximum Gasteiger partial charge on any atom is 0.303 e. The molecule has 0 unspecified atom stereocenters. The summed E-state index contributed by atoms with van der Waals surface area (Å²) in [4.78, 5) is 10.5. The summed E-state index contributed by atoms with van der Waals surface area (Å²) in [5.41, 5.74) is 0. The first-order chi connectivity index (χ1) is 19.9. The van der Waals surface area contributed by atoms with Crippen LogP contribution in [0.5, 0.6) is 0 Å². The van der Waals surface area contributed by atoms with Crippen LogP contribution in [-0.4, -0.2) is 18.5 Å². The van der Waals surface area contributed by atoms with Crippen molar-refractivity contribution in [3.05, 3.63) is 0 Å². The fraction of sp³-hybridized carbons (Fsp3) is 0.973. The molecular weight excluding hydrogens is 540 g/mol. The number of unbranched alkanes of at least 4 members (excludes halogenated alkanes) is 31. The monoisotopic (exact) mass is 615 g/mol. The van der Waals surface area contributed by atoms with Crippen LogP contribution in [0.2, 0.25) is 19.1 Å². The molecule has 0 amide bonds. The molecule has 41 heavy (non-hydrogen) atoms. The smallest absolute Gasteiger partial charge is 0.303 e. The van der Waals surface area contributed by atoms with Crippen LogP contribution in [0, 0.1) is 0 Å². The topological polar surface area (TPSA) is 37.3 Å². The van der Waals surface area contributed by atoms with Crippen molar-refractivity contribution in [3.8, 4) is 0 Å². The quantitative estimate of drug-likeness (QED) is 0.0438. The highest BCUT2D eigenvalue weighted by atomic mass is 35.6. The van der Waals surface area contributed by atoms with E-state index >= 15 is 0 Å². The van der Waals surface area contributed by atoms with Gasteiger partial charge in [-0.2, -0.15) is 11.1 Å². The fourth-order valence-electron chi connectivity index (χ4n) is 6.12. The van der Waals surface area contributed by atoms with Gasteiger partial charge in [-0.1, -0.05) is 212 Å². The van der Waals surface area contributed by atoms with E-state index in [0.717, 1.165) is 12.8 Å². The van der Waals surface area contributed by atoms with Gasteiger partial charge < -0.3 is 5.11 Å². The van der Waals surface area contributed by atoms with Crippen LogP contribution in [0.25, 0.3) is 0 Å². The van der Waals surface area contributed by atoms with Gasteiger partial charge in [-0.05, 0) is 12.5 Å². The van der Waals surface area contributed by atoms with Crippen LogP contribution in [0.1, 0.15) is 212 Å². The Morgan fingerprint density at radius 2 is 0.561 bits per heavy atom. The van der Waals surface area contributed by atoms with Crippen LogP contribution >= 0.6 is 11.1 Å². The Labute approximate surface area is 264 Å². The zero-order chi connectivity index (χ0) is 30.1. The molecule has 0 spiro atoms. The lowest BCUT2D eigenvalue weighted by molar-refractivity contribution is -0.137. The minimum absolute atomic E-state index is 0.345. The molecule has 0 fully saturated rings. The van der Waals surface area contributed by atoms with Gasteiger partial charge in [-0.3, -0.25) is 4.79 Å². The Balaban J connectivity index is 3.05. The maximum atomic E-state index is 10.5. The average Bonchev–Trinajstić information content (AvgIpc) is 2.92. The number of rotatable bonds is 35. The van der Waals surface area contributed by atoms with Crippen LogP contribution < -0.4 is 0 Å². The molecule has 0 aromatic rings. The Morgan fingerprint density at radius 1 is 0.390 bits per heavy atom. The molecule has 0 saturated carbocycles. The number of aliphatic carboxylic acids is 1. The van der Waals surface area contributed by atoms with Crippen LogP contribution in [0.4, 0.5) is 0 Å². The molecule has 2 nitrogen and oxygen atoms in total. The Hall–Kier alpha value is -0.0231. The molecule has 0 rings (SSSR count). The second-order valence-corrected chi connectivity index (χ2v) is 20.9. The standard InChI is InChI=1S/C37H75ClO2Si/c1-41(2,38)36-34-32-30-28-26-24-22-20-18-16-14-12-10-8-6-4-3-5-7-9-11-13-15-17-19-21-23-25-27-29-31-33-35-37(39)40/h3-36H2,1-2H3,(H,39,40). The van der Waals surface area contributed by atoms with E-state index in [1.54, 1.807) is 0 Å². The summed E-state index contributed by atoms with van der Waals surface area (Å²) in [7, 11) is -1.32. The summed E-state index contributed by atoms with van der Waals surface area (Å²) in [6.45, 7) is 4.54. The third-order valence-corrected chi connectivity index (χ3v) is 11.0. The van der Waals surface area contributed by atoms with E-state index in [9.17, 15) is 4.79 Å². The van der Waals surface area contributed by atoms with E-state index in [2.05, 4.69) is 13.1 Å². The molecule has 0 saturated heterocycles. The van der Waals surface area contributed by atoms with Crippen LogP contribution in [0.15, 0.2) is 0 Å². The molecule has 0 radical (unpaired) electrons. The second kappa shape index (κ2) is 32.9. The van der Waals surface area contributed by atoms with Crippen LogP contribution in [-0.2, 0) is 4.79 Å². The van der Waals surface area contributed by atoms with Crippen LogP contribution in [0.3, 0.4) is 0 Å². The van der Waals surface area contributed by atoms with E-state index in [1.165, 1.54) is 199 Å². The van der Waals surface area contributed by atoms with Gasteiger partial charge in [-0.15, -0.1) is 0 Å². The van der Waals surface area contributed by atoms with E-state index in [-0.39, 0.29) is 0 Å². The highest BCUT2D eigenvalue weighted by Gasteiger charge is 2.15. The molecule has 0 bridgehead atoms. The zero-order valence-corrected chi connectivity index (χ0v) is 30.0. The largest absolute Gasteiger partial charge is 0.481 e. The lowest BCUT2D eigenvalue weighted by atomic mass is 10.0. The SMILES string of the molecule is C[Si](C)(Cl)CCCCCCCCCCCCCCCCCCCCCCCCCCCCCCCCCCC(=O)O. The van der Waals surface area contributed by atoms with E-state index in [1.807, 2.05) is 0 Å². The van der Waals surface area contributed by atoms with Gasteiger partial charge in [-0.25, -0.2) is 0 Å². The van der Waals surface area contributed by atoms with Crippen molar-refractivity contribution < 1.29 is 9.90 Å². The zero-order valence-electron chi connectivity index (χ0n) is 28.3.